The molecule has 0 atom stereocenters. The van der Waals surface area contributed by atoms with Crippen LogP contribution in [-0.2, 0) is 0 Å². The zero-order valence-corrected chi connectivity index (χ0v) is 8.27. The Bertz CT molecular complexity index is 692. The van der Waals surface area contributed by atoms with Gasteiger partial charge in [-0.15, -0.1) is 0 Å². The molecule has 0 bridgehead atoms. The van der Waals surface area contributed by atoms with Gasteiger partial charge in [0.2, 0.25) is 0 Å². The number of hydrogen-bond donors (Lipinski definition) is 3. The van der Waals surface area contributed by atoms with Gasteiger partial charge in [-0.05, 0) is 12.1 Å². The number of anilines is 1. The molecule has 4 N–H and O–H groups in total. The van der Waals surface area contributed by atoms with Crippen molar-refractivity contribution < 1.29 is 0 Å². The second-order valence-electron chi connectivity index (χ2n) is 3.47. The van der Waals surface area contributed by atoms with Gasteiger partial charge in [0.1, 0.15) is 5.82 Å². The fourth-order valence-electron chi connectivity index (χ4n) is 1.64. The summed E-state index contributed by atoms with van der Waals surface area (Å²) in [7, 11) is 0. The minimum Gasteiger partial charge on any atom is -0.384 e. The van der Waals surface area contributed by atoms with E-state index >= 15 is 0 Å². The standard InChI is InChI=1S/C10H9N5O/c11-8-5-9-13-7(6-2-1-3-12-6)4-10(16)15(9)14-8/h1-5,12,14H,11H2. The maximum Gasteiger partial charge on any atom is 0.273 e. The van der Waals surface area contributed by atoms with Crippen LogP contribution < -0.4 is 11.3 Å². The maximum atomic E-state index is 11.7. The molecule has 0 radical (unpaired) electrons. The summed E-state index contributed by atoms with van der Waals surface area (Å²) in [5.74, 6) is 0.410. The minimum atomic E-state index is -0.189. The fourth-order valence-corrected chi connectivity index (χ4v) is 1.64. The lowest BCUT2D eigenvalue weighted by Gasteiger charge is -1.97. The number of nitrogen functional groups attached to an aromatic ring is 1. The molecule has 3 aromatic heterocycles. The van der Waals surface area contributed by atoms with Crippen LogP contribution in [0.15, 0.2) is 35.3 Å². The maximum absolute atomic E-state index is 11.7. The Morgan fingerprint density at radius 1 is 1.38 bits per heavy atom. The van der Waals surface area contributed by atoms with Gasteiger partial charge in [-0.1, -0.05) is 0 Å². The van der Waals surface area contributed by atoms with Gasteiger partial charge >= 0.3 is 0 Å². The van der Waals surface area contributed by atoms with Crippen LogP contribution in [0.3, 0.4) is 0 Å². The Morgan fingerprint density at radius 3 is 3.00 bits per heavy atom. The number of nitrogens with zero attached hydrogens (tertiary/aromatic N) is 2. The van der Waals surface area contributed by atoms with E-state index in [0.29, 0.717) is 17.2 Å². The van der Waals surface area contributed by atoms with Crippen LogP contribution in [0, 0.1) is 0 Å². The van der Waals surface area contributed by atoms with Gasteiger partial charge in [-0.3, -0.25) is 9.89 Å². The molecule has 16 heavy (non-hydrogen) atoms. The lowest BCUT2D eigenvalue weighted by molar-refractivity contribution is 0.905. The third kappa shape index (κ3) is 1.20. The number of nitrogens with two attached hydrogens (primary N) is 1. The van der Waals surface area contributed by atoms with Gasteiger partial charge in [0.15, 0.2) is 5.65 Å². The van der Waals surface area contributed by atoms with Crippen molar-refractivity contribution in [1.29, 1.82) is 0 Å². The third-order valence-corrected chi connectivity index (χ3v) is 2.34. The van der Waals surface area contributed by atoms with Crippen molar-refractivity contribution in [2.75, 3.05) is 5.73 Å². The van der Waals surface area contributed by atoms with Gasteiger partial charge < -0.3 is 10.7 Å². The van der Waals surface area contributed by atoms with Crippen LogP contribution in [0.5, 0.6) is 0 Å². The zero-order chi connectivity index (χ0) is 11.1. The molecule has 3 heterocycles. The average molecular weight is 215 g/mol. The highest BCUT2D eigenvalue weighted by atomic mass is 16.1. The molecular formula is C10H9N5O. The van der Waals surface area contributed by atoms with Crippen molar-refractivity contribution in [3.05, 3.63) is 40.8 Å². The Hall–Kier alpha value is -2.50. The van der Waals surface area contributed by atoms with Crippen LogP contribution in [0.4, 0.5) is 5.82 Å². The van der Waals surface area contributed by atoms with Crippen LogP contribution in [0.1, 0.15) is 0 Å². The molecule has 0 unspecified atom stereocenters. The Labute approximate surface area is 89.7 Å². The SMILES string of the molecule is Nc1cc2nc(-c3ccc[nH]3)cc(=O)n2[nH]1. The summed E-state index contributed by atoms with van der Waals surface area (Å²) in [6, 6.07) is 6.78. The lowest BCUT2D eigenvalue weighted by Crippen LogP contribution is -2.14. The molecule has 0 fully saturated rings. The zero-order valence-electron chi connectivity index (χ0n) is 8.27. The largest absolute Gasteiger partial charge is 0.384 e. The van der Waals surface area contributed by atoms with Gasteiger partial charge in [0.25, 0.3) is 5.56 Å². The Kier molecular flexibility index (Phi) is 1.64. The summed E-state index contributed by atoms with van der Waals surface area (Å²) in [5.41, 5.74) is 7.30. The van der Waals surface area contributed by atoms with E-state index in [0.717, 1.165) is 5.69 Å². The molecule has 0 aliphatic rings. The summed E-state index contributed by atoms with van der Waals surface area (Å²) < 4.78 is 1.31. The molecule has 0 aromatic carbocycles. The third-order valence-electron chi connectivity index (χ3n) is 2.34. The topological polar surface area (TPSA) is 92.0 Å². The fraction of sp³-hybridized carbons (Fsp3) is 0. The number of aromatic amines is 2. The molecule has 0 aliphatic carbocycles. The number of hydrogen-bond acceptors (Lipinski definition) is 3. The normalized spacial score (nSPS) is 11.0. The van der Waals surface area contributed by atoms with Crippen molar-refractivity contribution in [1.82, 2.24) is 19.6 Å². The number of rotatable bonds is 1. The number of nitrogens with one attached hydrogen (secondary N) is 2. The highest BCUT2D eigenvalue weighted by molar-refractivity contribution is 5.59. The van der Waals surface area contributed by atoms with Crippen molar-refractivity contribution in [2.24, 2.45) is 0 Å². The number of fused-ring (bicyclic) bond motifs is 1. The van der Waals surface area contributed by atoms with E-state index in [1.54, 1.807) is 12.3 Å². The van der Waals surface area contributed by atoms with E-state index in [4.69, 9.17) is 5.73 Å². The van der Waals surface area contributed by atoms with Crippen LogP contribution in [-0.4, -0.2) is 19.6 Å². The smallest absolute Gasteiger partial charge is 0.273 e. The monoisotopic (exact) mass is 215 g/mol. The number of H-pyrrole nitrogens is 2. The van der Waals surface area contributed by atoms with Crippen LogP contribution in [0.25, 0.3) is 17.0 Å². The summed E-state index contributed by atoms with van der Waals surface area (Å²) in [6.45, 7) is 0. The van der Waals surface area contributed by atoms with Crippen LogP contribution >= 0.6 is 0 Å². The van der Waals surface area contributed by atoms with Crippen molar-refractivity contribution in [3.63, 3.8) is 0 Å². The predicted octanol–water partition coefficient (Wildman–Crippen LogP) is 0.600. The van der Waals surface area contributed by atoms with E-state index in [9.17, 15) is 4.79 Å². The van der Waals surface area contributed by atoms with E-state index in [-0.39, 0.29) is 5.56 Å². The van der Waals surface area contributed by atoms with Crippen LogP contribution in [0.2, 0.25) is 0 Å². The molecule has 80 valence electrons. The van der Waals surface area contributed by atoms with E-state index < -0.39 is 0 Å². The average Bonchev–Trinajstić information content (AvgIpc) is 2.84. The Morgan fingerprint density at radius 2 is 2.25 bits per heavy atom. The molecule has 6 nitrogen and oxygen atoms in total. The second-order valence-corrected chi connectivity index (χ2v) is 3.47. The van der Waals surface area contributed by atoms with Crippen molar-refractivity contribution in [2.45, 2.75) is 0 Å². The van der Waals surface area contributed by atoms with Gasteiger partial charge in [0.05, 0.1) is 11.4 Å². The van der Waals surface area contributed by atoms with E-state index in [1.165, 1.54) is 10.6 Å². The summed E-state index contributed by atoms with van der Waals surface area (Å²) in [4.78, 5) is 19.1. The summed E-state index contributed by atoms with van der Waals surface area (Å²) in [6.07, 6.45) is 1.78. The first-order valence-electron chi connectivity index (χ1n) is 4.76. The molecule has 0 aliphatic heterocycles. The first-order valence-corrected chi connectivity index (χ1v) is 4.76. The van der Waals surface area contributed by atoms with E-state index in [1.807, 2.05) is 12.1 Å². The first kappa shape index (κ1) is 8.78. The summed E-state index contributed by atoms with van der Waals surface area (Å²) >= 11 is 0. The molecule has 6 heteroatoms. The van der Waals surface area contributed by atoms with Gasteiger partial charge in [0, 0.05) is 18.3 Å². The first-order chi connectivity index (χ1) is 7.74. The quantitative estimate of drug-likeness (QED) is 0.555. The lowest BCUT2D eigenvalue weighted by atomic mass is 10.3. The molecular weight excluding hydrogens is 206 g/mol. The van der Waals surface area contributed by atoms with Crippen molar-refractivity contribution in [3.8, 4) is 11.4 Å². The second kappa shape index (κ2) is 2.99. The molecule has 0 saturated carbocycles. The van der Waals surface area contributed by atoms with Gasteiger partial charge in [-0.25, -0.2) is 4.98 Å². The molecule has 0 spiro atoms. The molecule has 0 amide bonds. The van der Waals surface area contributed by atoms with Crippen molar-refractivity contribution >= 4 is 11.5 Å². The highest BCUT2D eigenvalue weighted by Crippen LogP contribution is 2.13. The molecule has 3 aromatic rings. The highest BCUT2D eigenvalue weighted by Gasteiger charge is 2.06. The van der Waals surface area contributed by atoms with E-state index in [2.05, 4.69) is 15.1 Å². The number of aromatic nitrogens is 4. The Balaban J connectivity index is 2.33. The summed E-state index contributed by atoms with van der Waals surface area (Å²) in [5, 5.41) is 2.71. The minimum absolute atomic E-state index is 0.189. The predicted molar refractivity (Wildman–Crippen MR) is 60.0 cm³/mol. The molecule has 3 rings (SSSR count). The molecule has 0 saturated heterocycles. The van der Waals surface area contributed by atoms with Gasteiger partial charge in [-0.2, -0.15) is 4.52 Å².